The summed E-state index contributed by atoms with van der Waals surface area (Å²) in [5, 5.41) is 10.1. The Kier molecular flexibility index (Phi) is 9.40. The largest absolute Gasteiger partial charge is 0.508 e. The molecule has 39 heavy (non-hydrogen) atoms. The van der Waals surface area contributed by atoms with Gasteiger partial charge in [-0.25, -0.2) is 8.78 Å². The average molecular weight is 525 g/mol. The molecular formula is C33H26F2O4. The highest BCUT2D eigenvalue weighted by atomic mass is 19.1. The Hall–Kier alpha value is -4.97. The minimum atomic E-state index is -0.371. The lowest BCUT2D eigenvalue weighted by molar-refractivity contribution is -0.110. The minimum Gasteiger partial charge on any atom is -0.508 e. The van der Waals surface area contributed by atoms with Gasteiger partial charge in [0.25, 0.3) is 0 Å². The SMILES string of the molecule is O=C(/C=C(O)/C=C/c1ccc(OCc2cccc(F)c2)cc1)/C=C/c1ccc(OCc2cccc(F)c2)cc1. The topological polar surface area (TPSA) is 55.8 Å². The van der Waals surface area contributed by atoms with E-state index in [9.17, 15) is 18.7 Å². The number of rotatable bonds is 11. The summed E-state index contributed by atoms with van der Waals surface area (Å²) >= 11 is 0. The molecule has 0 aliphatic carbocycles. The summed E-state index contributed by atoms with van der Waals surface area (Å²) in [6.45, 7) is 0.498. The molecule has 6 heteroatoms. The van der Waals surface area contributed by atoms with Gasteiger partial charge in [0.1, 0.15) is 42.1 Å². The number of ketones is 1. The molecule has 0 spiro atoms. The molecule has 0 unspecified atom stereocenters. The van der Waals surface area contributed by atoms with Crippen LogP contribution in [-0.4, -0.2) is 10.9 Å². The second kappa shape index (κ2) is 13.5. The monoisotopic (exact) mass is 524 g/mol. The number of allylic oxidation sites excluding steroid dienone is 3. The lowest BCUT2D eigenvalue weighted by atomic mass is 10.1. The van der Waals surface area contributed by atoms with E-state index in [1.54, 1.807) is 84.9 Å². The number of carbonyl (C=O) groups is 1. The Bertz CT molecular complexity index is 1490. The molecule has 0 heterocycles. The van der Waals surface area contributed by atoms with Crippen LogP contribution in [0.1, 0.15) is 22.3 Å². The van der Waals surface area contributed by atoms with E-state index in [0.29, 0.717) is 11.5 Å². The number of hydrogen-bond acceptors (Lipinski definition) is 4. The van der Waals surface area contributed by atoms with Gasteiger partial charge in [0.2, 0.25) is 0 Å². The van der Waals surface area contributed by atoms with Gasteiger partial charge < -0.3 is 14.6 Å². The quantitative estimate of drug-likeness (QED) is 0.123. The Balaban J connectivity index is 1.24. The number of benzene rings is 4. The number of aliphatic hydroxyl groups excluding tert-OH is 1. The first-order chi connectivity index (χ1) is 18.9. The maximum atomic E-state index is 13.3. The second-order valence-electron chi connectivity index (χ2n) is 8.61. The van der Waals surface area contributed by atoms with E-state index in [1.807, 2.05) is 0 Å². The third-order valence-electron chi connectivity index (χ3n) is 5.53. The van der Waals surface area contributed by atoms with Crippen LogP contribution in [-0.2, 0) is 18.0 Å². The first-order valence-electron chi connectivity index (χ1n) is 12.2. The van der Waals surface area contributed by atoms with Gasteiger partial charge in [0.05, 0.1) is 0 Å². The van der Waals surface area contributed by atoms with E-state index in [2.05, 4.69) is 0 Å². The van der Waals surface area contributed by atoms with E-state index in [1.165, 1.54) is 36.4 Å². The summed E-state index contributed by atoms with van der Waals surface area (Å²) < 4.78 is 37.8. The van der Waals surface area contributed by atoms with Gasteiger partial charge in [-0.3, -0.25) is 4.79 Å². The van der Waals surface area contributed by atoms with Crippen molar-refractivity contribution >= 4 is 17.9 Å². The molecule has 4 aromatic carbocycles. The van der Waals surface area contributed by atoms with Crippen molar-refractivity contribution in [3.63, 3.8) is 0 Å². The van der Waals surface area contributed by atoms with Crippen LogP contribution in [0.2, 0.25) is 0 Å². The standard InChI is InChI=1S/C33H26F2O4/c34-28-5-1-3-26(19-28)22-38-32-15-9-24(10-16-32)7-13-30(36)21-31(37)14-8-25-11-17-33(18-12-25)39-23-27-4-2-6-29(35)20-27/h1-21,36H,22-23H2/b13-7+,14-8+,30-21-. The van der Waals surface area contributed by atoms with E-state index in [-0.39, 0.29) is 36.4 Å². The molecule has 0 aliphatic heterocycles. The van der Waals surface area contributed by atoms with Crippen LogP contribution < -0.4 is 9.47 Å². The zero-order valence-corrected chi connectivity index (χ0v) is 21.0. The number of halogens is 2. The van der Waals surface area contributed by atoms with Gasteiger partial charge in [-0.1, -0.05) is 60.7 Å². The Morgan fingerprint density at radius 2 is 1.13 bits per heavy atom. The maximum Gasteiger partial charge on any atom is 0.182 e. The van der Waals surface area contributed by atoms with Gasteiger partial charge in [0, 0.05) is 6.08 Å². The first-order valence-corrected chi connectivity index (χ1v) is 12.2. The fraction of sp³-hybridized carbons (Fsp3) is 0.0606. The zero-order chi connectivity index (χ0) is 27.5. The molecule has 0 saturated carbocycles. The third-order valence-corrected chi connectivity index (χ3v) is 5.53. The summed E-state index contributed by atoms with van der Waals surface area (Å²) in [5.41, 5.74) is 3.05. The lowest BCUT2D eigenvalue weighted by Gasteiger charge is -2.06. The Morgan fingerprint density at radius 1 is 0.667 bits per heavy atom. The van der Waals surface area contributed by atoms with E-state index < -0.39 is 0 Å². The van der Waals surface area contributed by atoms with Gasteiger partial charge in [-0.05, 0) is 82.9 Å². The van der Waals surface area contributed by atoms with E-state index in [4.69, 9.17) is 9.47 Å². The van der Waals surface area contributed by atoms with Crippen molar-refractivity contribution < 1.29 is 28.2 Å². The second-order valence-corrected chi connectivity index (χ2v) is 8.61. The molecule has 0 atom stereocenters. The first kappa shape index (κ1) is 27.1. The average Bonchev–Trinajstić information content (AvgIpc) is 2.94. The van der Waals surface area contributed by atoms with Crippen LogP contribution in [0.3, 0.4) is 0 Å². The molecule has 0 amide bonds. The third kappa shape index (κ3) is 9.13. The summed E-state index contributed by atoms with van der Waals surface area (Å²) in [6, 6.07) is 26.7. The van der Waals surface area contributed by atoms with Crippen LogP contribution in [0.5, 0.6) is 11.5 Å². The molecule has 4 aromatic rings. The van der Waals surface area contributed by atoms with Crippen LogP contribution in [0.15, 0.2) is 121 Å². The van der Waals surface area contributed by atoms with Gasteiger partial charge in [0.15, 0.2) is 5.78 Å². The van der Waals surface area contributed by atoms with Crippen LogP contribution in [0, 0.1) is 11.6 Å². The Labute approximate surface area is 225 Å². The van der Waals surface area contributed by atoms with Gasteiger partial charge in [-0.2, -0.15) is 0 Å². The molecule has 1 N–H and O–H groups in total. The number of aliphatic hydroxyl groups is 1. The van der Waals surface area contributed by atoms with Gasteiger partial charge in [-0.15, -0.1) is 0 Å². The maximum absolute atomic E-state index is 13.3. The normalized spacial score (nSPS) is 11.7. The number of ether oxygens (including phenoxy) is 2. The summed E-state index contributed by atoms with van der Waals surface area (Å²) in [4.78, 5) is 12.2. The van der Waals surface area contributed by atoms with E-state index >= 15 is 0 Å². The van der Waals surface area contributed by atoms with Crippen molar-refractivity contribution in [3.05, 3.63) is 155 Å². The summed E-state index contributed by atoms with van der Waals surface area (Å²) in [5.74, 6) is 0.0788. The van der Waals surface area contributed by atoms with Crippen LogP contribution >= 0.6 is 0 Å². The molecule has 0 radical (unpaired) electrons. The van der Waals surface area contributed by atoms with Gasteiger partial charge >= 0.3 is 0 Å². The molecule has 0 saturated heterocycles. The molecule has 0 bridgehead atoms. The summed E-state index contributed by atoms with van der Waals surface area (Å²) in [6.07, 6.45) is 7.22. The molecule has 4 rings (SSSR count). The van der Waals surface area contributed by atoms with E-state index in [0.717, 1.165) is 28.3 Å². The highest BCUT2D eigenvalue weighted by molar-refractivity contribution is 6.02. The zero-order valence-electron chi connectivity index (χ0n) is 21.0. The fourth-order valence-corrected chi connectivity index (χ4v) is 3.54. The molecule has 0 fully saturated rings. The molecule has 0 aliphatic rings. The predicted molar refractivity (Wildman–Crippen MR) is 148 cm³/mol. The molecule has 0 aromatic heterocycles. The minimum absolute atomic E-state index is 0.183. The summed E-state index contributed by atoms with van der Waals surface area (Å²) in [7, 11) is 0. The highest BCUT2D eigenvalue weighted by Gasteiger charge is 2.00. The number of hydrogen-bond donors (Lipinski definition) is 1. The smallest absolute Gasteiger partial charge is 0.182 e. The van der Waals surface area contributed by atoms with Crippen molar-refractivity contribution in [1.82, 2.24) is 0 Å². The highest BCUT2D eigenvalue weighted by Crippen LogP contribution is 2.17. The van der Waals surface area contributed by atoms with Crippen molar-refractivity contribution in [2.45, 2.75) is 13.2 Å². The molecular weight excluding hydrogens is 498 g/mol. The van der Waals surface area contributed by atoms with Crippen molar-refractivity contribution in [2.75, 3.05) is 0 Å². The Morgan fingerprint density at radius 3 is 1.59 bits per heavy atom. The van der Waals surface area contributed by atoms with Crippen molar-refractivity contribution in [3.8, 4) is 11.5 Å². The van der Waals surface area contributed by atoms with Crippen molar-refractivity contribution in [2.24, 2.45) is 0 Å². The predicted octanol–water partition coefficient (Wildman–Crippen LogP) is 7.86. The molecule has 196 valence electrons. The lowest BCUT2D eigenvalue weighted by Crippen LogP contribution is -1.95. The number of carbonyl (C=O) groups excluding carboxylic acids is 1. The fourth-order valence-electron chi connectivity index (χ4n) is 3.54. The van der Waals surface area contributed by atoms with Crippen LogP contribution in [0.4, 0.5) is 8.78 Å². The van der Waals surface area contributed by atoms with Crippen LogP contribution in [0.25, 0.3) is 12.2 Å². The van der Waals surface area contributed by atoms with Crippen molar-refractivity contribution in [1.29, 1.82) is 0 Å². The molecule has 4 nitrogen and oxygen atoms in total.